The third-order valence-electron chi connectivity index (χ3n) is 3.36. The largest absolute Gasteiger partial charge is 0.484 e. The molecule has 0 bridgehead atoms. The van der Waals surface area contributed by atoms with Crippen LogP contribution >= 0.6 is 0 Å². The SMILES string of the molecule is CC(C)c1ccc(/C=N\NC(=O)COc2ccc(C#N)cc2)cc1. The van der Waals surface area contributed by atoms with Gasteiger partial charge in [-0.25, -0.2) is 5.43 Å². The smallest absolute Gasteiger partial charge is 0.277 e. The summed E-state index contributed by atoms with van der Waals surface area (Å²) in [6, 6.07) is 16.6. The summed E-state index contributed by atoms with van der Waals surface area (Å²) in [4.78, 5) is 11.7. The number of hydrogen-bond donors (Lipinski definition) is 1. The summed E-state index contributed by atoms with van der Waals surface area (Å²) in [5, 5.41) is 12.6. The molecule has 0 heterocycles. The quantitative estimate of drug-likeness (QED) is 0.656. The van der Waals surface area contributed by atoms with E-state index < -0.39 is 0 Å². The van der Waals surface area contributed by atoms with Gasteiger partial charge in [0.15, 0.2) is 6.61 Å². The van der Waals surface area contributed by atoms with Crippen LogP contribution in [0.25, 0.3) is 0 Å². The Balaban J connectivity index is 1.78. The Bertz CT molecular complexity index is 742. The Morgan fingerprint density at radius 2 is 1.88 bits per heavy atom. The highest BCUT2D eigenvalue weighted by molar-refractivity contribution is 5.82. The molecule has 0 aromatic heterocycles. The van der Waals surface area contributed by atoms with Gasteiger partial charge in [0.25, 0.3) is 5.91 Å². The number of hydrazone groups is 1. The number of benzene rings is 2. The number of nitriles is 1. The molecular weight excluding hydrogens is 302 g/mol. The number of carbonyl (C=O) groups excluding carboxylic acids is 1. The minimum absolute atomic E-state index is 0.143. The molecule has 122 valence electrons. The predicted octanol–water partition coefficient (Wildman–Crippen LogP) is 3.21. The van der Waals surface area contributed by atoms with Crippen molar-refractivity contribution in [3.63, 3.8) is 0 Å². The Hall–Kier alpha value is -3.13. The fraction of sp³-hybridized carbons (Fsp3) is 0.211. The van der Waals surface area contributed by atoms with Gasteiger partial charge in [0.1, 0.15) is 5.75 Å². The van der Waals surface area contributed by atoms with Gasteiger partial charge >= 0.3 is 0 Å². The summed E-state index contributed by atoms with van der Waals surface area (Å²) in [6.45, 7) is 4.13. The van der Waals surface area contributed by atoms with Crippen LogP contribution in [0, 0.1) is 11.3 Å². The van der Waals surface area contributed by atoms with E-state index in [2.05, 4.69) is 24.4 Å². The van der Waals surface area contributed by atoms with Gasteiger partial charge in [-0.15, -0.1) is 0 Å². The molecule has 0 spiro atoms. The molecule has 0 atom stereocenters. The molecule has 0 saturated carbocycles. The molecule has 1 N–H and O–H groups in total. The van der Waals surface area contributed by atoms with Gasteiger partial charge in [0.05, 0.1) is 17.8 Å². The normalized spacial score (nSPS) is 10.6. The predicted molar refractivity (Wildman–Crippen MR) is 92.9 cm³/mol. The van der Waals surface area contributed by atoms with Crippen LogP contribution in [0.4, 0.5) is 0 Å². The molecule has 2 aromatic rings. The van der Waals surface area contributed by atoms with Crippen molar-refractivity contribution in [2.24, 2.45) is 5.10 Å². The molecule has 0 fully saturated rings. The van der Waals surface area contributed by atoms with Crippen LogP contribution < -0.4 is 10.2 Å². The van der Waals surface area contributed by atoms with Crippen LogP contribution in [0.5, 0.6) is 5.75 Å². The van der Waals surface area contributed by atoms with Gasteiger partial charge in [0.2, 0.25) is 0 Å². The van der Waals surface area contributed by atoms with Gasteiger partial charge in [0, 0.05) is 0 Å². The number of carbonyl (C=O) groups is 1. The van der Waals surface area contributed by atoms with E-state index in [4.69, 9.17) is 10.00 Å². The van der Waals surface area contributed by atoms with Crippen LogP contribution in [0.3, 0.4) is 0 Å². The molecule has 0 aliphatic carbocycles. The second kappa shape index (κ2) is 8.49. The highest BCUT2D eigenvalue weighted by Gasteiger charge is 2.02. The molecule has 0 aliphatic rings. The monoisotopic (exact) mass is 321 g/mol. The number of rotatable bonds is 6. The van der Waals surface area contributed by atoms with Gasteiger partial charge < -0.3 is 4.74 Å². The minimum atomic E-state index is -0.352. The standard InChI is InChI=1S/C19H19N3O2/c1-14(2)17-7-3-16(4-8-17)12-21-22-19(23)13-24-18-9-5-15(11-20)6-10-18/h3-10,12,14H,13H2,1-2H3,(H,22,23)/b21-12-. The zero-order valence-corrected chi connectivity index (χ0v) is 13.7. The zero-order chi connectivity index (χ0) is 17.4. The topological polar surface area (TPSA) is 74.5 Å². The summed E-state index contributed by atoms with van der Waals surface area (Å²) in [6.07, 6.45) is 1.59. The first kappa shape index (κ1) is 17.2. The Kier molecular flexibility index (Phi) is 6.09. The minimum Gasteiger partial charge on any atom is -0.484 e. The van der Waals surface area contributed by atoms with Gasteiger partial charge in [-0.05, 0) is 41.3 Å². The van der Waals surface area contributed by atoms with Crippen LogP contribution in [0.2, 0.25) is 0 Å². The third-order valence-corrected chi connectivity index (χ3v) is 3.36. The highest BCUT2D eigenvalue weighted by Crippen LogP contribution is 2.14. The van der Waals surface area contributed by atoms with Crippen molar-refractivity contribution in [2.45, 2.75) is 19.8 Å². The summed E-state index contributed by atoms with van der Waals surface area (Å²) in [5.41, 5.74) is 5.12. The molecule has 0 radical (unpaired) electrons. The van der Waals surface area contributed by atoms with E-state index in [1.165, 1.54) is 5.56 Å². The number of ether oxygens (including phenoxy) is 1. The summed E-state index contributed by atoms with van der Waals surface area (Å²) in [7, 11) is 0. The lowest BCUT2D eigenvalue weighted by Crippen LogP contribution is -2.24. The maximum absolute atomic E-state index is 11.7. The van der Waals surface area contributed by atoms with Crippen molar-refractivity contribution in [3.8, 4) is 11.8 Å². The maximum Gasteiger partial charge on any atom is 0.277 e. The number of hydrogen-bond acceptors (Lipinski definition) is 4. The fourth-order valence-corrected chi connectivity index (χ4v) is 1.95. The highest BCUT2D eigenvalue weighted by atomic mass is 16.5. The first-order valence-corrected chi connectivity index (χ1v) is 7.63. The second-order valence-electron chi connectivity index (χ2n) is 5.54. The summed E-state index contributed by atoms with van der Waals surface area (Å²) < 4.78 is 5.32. The number of nitrogens with zero attached hydrogens (tertiary/aromatic N) is 2. The van der Waals surface area contributed by atoms with E-state index in [0.29, 0.717) is 17.2 Å². The van der Waals surface area contributed by atoms with E-state index in [1.54, 1.807) is 30.5 Å². The van der Waals surface area contributed by atoms with Crippen LogP contribution in [0.15, 0.2) is 53.6 Å². The number of amides is 1. The summed E-state index contributed by atoms with van der Waals surface area (Å²) >= 11 is 0. The lowest BCUT2D eigenvalue weighted by molar-refractivity contribution is -0.123. The molecule has 5 nitrogen and oxygen atoms in total. The molecule has 1 amide bonds. The van der Waals surface area contributed by atoms with Crippen molar-refractivity contribution in [2.75, 3.05) is 6.61 Å². The second-order valence-corrected chi connectivity index (χ2v) is 5.54. The lowest BCUT2D eigenvalue weighted by Gasteiger charge is -2.05. The van der Waals surface area contributed by atoms with Crippen molar-refractivity contribution >= 4 is 12.1 Å². The zero-order valence-electron chi connectivity index (χ0n) is 13.7. The average Bonchev–Trinajstić information content (AvgIpc) is 2.61. The van der Waals surface area contributed by atoms with Crippen LogP contribution in [0.1, 0.15) is 36.5 Å². The van der Waals surface area contributed by atoms with Crippen molar-refractivity contribution in [1.29, 1.82) is 5.26 Å². The van der Waals surface area contributed by atoms with Crippen molar-refractivity contribution in [3.05, 3.63) is 65.2 Å². The first-order valence-electron chi connectivity index (χ1n) is 7.63. The molecule has 24 heavy (non-hydrogen) atoms. The van der Waals surface area contributed by atoms with Crippen LogP contribution in [-0.4, -0.2) is 18.7 Å². The van der Waals surface area contributed by atoms with E-state index in [9.17, 15) is 4.79 Å². The van der Waals surface area contributed by atoms with E-state index in [-0.39, 0.29) is 12.5 Å². The molecule has 0 saturated heterocycles. The van der Waals surface area contributed by atoms with E-state index >= 15 is 0 Å². The first-order chi connectivity index (χ1) is 11.6. The van der Waals surface area contributed by atoms with Gasteiger partial charge in [-0.2, -0.15) is 10.4 Å². The molecule has 2 aromatic carbocycles. The average molecular weight is 321 g/mol. The molecular formula is C19H19N3O2. The third kappa shape index (κ3) is 5.25. The van der Waals surface area contributed by atoms with E-state index in [1.807, 2.05) is 30.3 Å². The van der Waals surface area contributed by atoms with Crippen molar-refractivity contribution in [1.82, 2.24) is 5.43 Å². The van der Waals surface area contributed by atoms with E-state index in [0.717, 1.165) is 5.56 Å². The molecule has 0 unspecified atom stereocenters. The summed E-state index contributed by atoms with van der Waals surface area (Å²) in [5.74, 6) is 0.655. The lowest BCUT2D eigenvalue weighted by atomic mass is 10.0. The van der Waals surface area contributed by atoms with Crippen LogP contribution in [-0.2, 0) is 4.79 Å². The maximum atomic E-state index is 11.7. The molecule has 0 aliphatic heterocycles. The van der Waals surface area contributed by atoms with Gasteiger partial charge in [-0.3, -0.25) is 4.79 Å². The Labute approximate surface area is 141 Å². The van der Waals surface area contributed by atoms with Crippen molar-refractivity contribution < 1.29 is 9.53 Å². The molecule has 2 rings (SSSR count). The molecule has 5 heteroatoms. The Morgan fingerprint density at radius 1 is 1.21 bits per heavy atom. The number of nitrogens with one attached hydrogen (secondary N) is 1. The Morgan fingerprint density at radius 3 is 2.46 bits per heavy atom. The van der Waals surface area contributed by atoms with Gasteiger partial charge in [-0.1, -0.05) is 38.1 Å². The fourth-order valence-electron chi connectivity index (χ4n) is 1.95.